The summed E-state index contributed by atoms with van der Waals surface area (Å²) in [6, 6.07) is 11.1. The molecule has 1 fully saturated rings. The van der Waals surface area contributed by atoms with Gasteiger partial charge in [-0.2, -0.15) is 0 Å². The highest BCUT2D eigenvalue weighted by atomic mass is 16.2. The van der Waals surface area contributed by atoms with Crippen molar-refractivity contribution in [3.8, 4) is 0 Å². The number of hydrogen-bond acceptors (Lipinski definition) is 1. The standard InChI is InChI=1S/C15H19NO/c1-3-13-14(16(13)15(17)4-2)11-10-12-8-6-5-7-9-12/h3,5-9,13-14H,1,4,10-11H2,2H3/t13-,14+,16?/m1/s1. The van der Waals surface area contributed by atoms with Crippen LogP contribution in [-0.4, -0.2) is 22.9 Å². The number of aryl methyl sites for hydroxylation is 1. The third-order valence-electron chi connectivity index (χ3n) is 3.39. The molecule has 0 aliphatic carbocycles. The second kappa shape index (κ2) is 5.17. The summed E-state index contributed by atoms with van der Waals surface area (Å²) in [6.45, 7) is 5.71. The Morgan fingerprint density at radius 3 is 2.71 bits per heavy atom. The van der Waals surface area contributed by atoms with Crippen LogP contribution in [0.3, 0.4) is 0 Å². The summed E-state index contributed by atoms with van der Waals surface area (Å²) < 4.78 is 0. The number of rotatable bonds is 5. The number of hydrogen-bond donors (Lipinski definition) is 0. The van der Waals surface area contributed by atoms with E-state index in [4.69, 9.17) is 0 Å². The van der Waals surface area contributed by atoms with Gasteiger partial charge in [-0.05, 0) is 18.4 Å². The zero-order valence-electron chi connectivity index (χ0n) is 10.3. The summed E-state index contributed by atoms with van der Waals surface area (Å²) in [5.74, 6) is 0.243. The lowest BCUT2D eigenvalue weighted by molar-refractivity contribution is -0.126. The van der Waals surface area contributed by atoms with Crippen molar-refractivity contribution in [3.05, 3.63) is 48.6 Å². The molecule has 0 spiro atoms. The van der Waals surface area contributed by atoms with Crippen LogP contribution in [0.1, 0.15) is 25.3 Å². The molecular weight excluding hydrogens is 210 g/mol. The van der Waals surface area contributed by atoms with Crippen molar-refractivity contribution >= 4 is 5.91 Å². The lowest BCUT2D eigenvalue weighted by Crippen LogP contribution is -2.13. The average molecular weight is 229 g/mol. The zero-order chi connectivity index (χ0) is 12.3. The van der Waals surface area contributed by atoms with E-state index in [1.165, 1.54) is 5.56 Å². The van der Waals surface area contributed by atoms with Crippen LogP contribution < -0.4 is 0 Å². The molecule has 0 aromatic heterocycles. The predicted octanol–water partition coefficient (Wildman–Crippen LogP) is 2.79. The van der Waals surface area contributed by atoms with E-state index in [9.17, 15) is 4.79 Å². The molecule has 2 atom stereocenters. The Bertz CT molecular complexity index is 399. The third kappa shape index (κ3) is 2.57. The van der Waals surface area contributed by atoms with E-state index < -0.39 is 0 Å². The number of carbonyl (C=O) groups is 1. The molecule has 0 N–H and O–H groups in total. The minimum Gasteiger partial charge on any atom is -0.329 e. The lowest BCUT2D eigenvalue weighted by atomic mass is 10.1. The molecule has 2 rings (SSSR count). The first-order valence-corrected chi connectivity index (χ1v) is 6.25. The van der Waals surface area contributed by atoms with Gasteiger partial charge in [-0.1, -0.05) is 43.3 Å². The molecule has 1 aliphatic heterocycles. The zero-order valence-corrected chi connectivity index (χ0v) is 10.3. The fourth-order valence-electron chi connectivity index (χ4n) is 2.37. The van der Waals surface area contributed by atoms with Crippen molar-refractivity contribution < 1.29 is 4.79 Å². The first-order valence-electron chi connectivity index (χ1n) is 6.25. The van der Waals surface area contributed by atoms with Crippen molar-refractivity contribution in [1.29, 1.82) is 0 Å². The molecule has 1 aromatic carbocycles. The van der Waals surface area contributed by atoms with Crippen molar-refractivity contribution in [2.24, 2.45) is 0 Å². The van der Waals surface area contributed by atoms with Crippen LogP contribution in [0.2, 0.25) is 0 Å². The van der Waals surface area contributed by atoms with Gasteiger partial charge in [0.15, 0.2) is 0 Å². The Morgan fingerprint density at radius 1 is 1.41 bits per heavy atom. The van der Waals surface area contributed by atoms with Gasteiger partial charge in [-0.25, -0.2) is 0 Å². The smallest absolute Gasteiger partial charge is 0.223 e. The first kappa shape index (κ1) is 11.9. The highest BCUT2D eigenvalue weighted by molar-refractivity contribution is 5.80. The van der Waals surface area contributed by atoms with Crippen LogP contribution in [0.5, 0.6) is 0 Å². The third-order valence-corrected chi connectivity index (χ3v) is 3.39. The maximum Gasteiger partial charge on any atom is 0.223 e. The molecule has 1 aromatic rings. The van der Waals surface area contributed by atoms with Gasteiger partial charge in [0.05, 0.1) is 12.1 Å². The highest BCUT2D eigenvalue weighted by Crippen LogP contribution is 2.33. The summed E-state index contributed by atoms with van der Waals surface area (Å²) in [5, 5.41) is 0. The van der Waals surface area contributed by atoms with Crippen LogP contribution in [0.25, 0.3) is 0 Å². The van der Waals surface area contributed by atoms with Gasteiger partial charge in [0.1, 0.15) is 0 Å². The van der Waals surface area contributed by atoms with Gasteiger partial charge in [0.2, 0.25) is 5.91 Å². The Labute approximate surface area is 103 Å². The normalized spacial score (nSPS) is 22.3. The van der Waals surface area contributed by atoms with E-state index in [0.29, 0.717) is 12.5 Å². The summed E-state index contributed by atoms with van der Waals surface area (Å²) in [5.41, 5.74) is 1.34. The van der Waals surface area contributed by atoms with Crippen LogP contribution >= 0.6 is 0 Å². The van der Waals surface area contributed by atoms with Crippen molar-refractivity contribution in [1.82, 2.24) is 4.90 Å². The summed E-state index contributed by atoms with van der Waals surface area (Å²) >= 11 is 0. The molecular formula is C15H19NO. The topological polar surface area (TPSA) is 20.1 Å². The maximum absolute atomic E-state index is 11.6. The van der Waals surface area contributed by atoms with Crippen LogP contribution in [-0.2, 0) is 11.2 Å². The summed E-state index contributed by atoms with van der Waals surface area (Å²) in [4.78, 5) is 13.6. The van der Waals surface area contributed by atoms with Crippen LogP contribution in [0.4, 0.5) is 0 Å². The van der Waals surface area contributed by atoms with Gasteiger partial charge < -0.3 is 4.90 Å². The van der Waals surface area contributed by atoms with E-state index in [1.807, 2.05) is 24.0 Å². The summed E-state index contributed by atoms with van der Waals surface area (Å²) in [6.07, 6.45) is 4.55. The minimum absolute atomic E-state index is 0.243. The quantitative estimate of drug-likeness (QED) is 0.561. The summed E-state index contributed by atoms with van der Waals surface area (Å²) in [7, 11) is 0. The number of carbonyl (C=O) groups excluding carboxylic acids is 1. The second-order valence-electron chi connectivity index (χ2n) is 4.47. The van der Waals surface area contributed by atoms with Gasteiger partial charge in [0, 0.05) is 6.42 Å². The number of benzene rings is 1. The average Bonchev–Trinajstić information content (AvgIpc) is 3.10. The highest BCUT2D eigenvalue weighted by Gasteiger charge is 2.47. The number of nitrogens with zero attached hydrogens (tertiary/aromatic N) is 1. The number of amides is 1. The molecule has 0 saturated carbocycles. The largest absolute Gasteiger partial charge is 0.329 e. The molecule has 0 radical (unpaired) electrons. The van der Waals surface area contributed by atoms with Gasteiger partial charge in [-0.15, -0.1) is 6.58 Å². The van der Waals surface area contributed by atoms with E-state index in [1.54, 1.807) is 0 Å². The van der Waals surface area contributed by atoms with Gasteiger partial charge in [0.25, 0.3) is 0 Å². The fourth-order valence-corrected chi connectivity index (χ4v) is 2.37. The fraction of sp³-hybridized carbons (Fsp3) is 0.400. The van der Waals surface area contributed by atoms with Crippen LogP contribution in [0.15, 0.2) is 43.0 Å². The first-order chi connectivity index (χ1) is 8.27. The monoisotopic (exact) mass is 229 g/mol. The molecule has 1 aliphatic rings. The Hall–Kier alpha value is -1.57. The molecule has 1 amide bonds. The molecule has 1 saturated heterocycles. The Balaban J connectivity index is 1.88. The molecule has 0 bridgehead atoms. The van der Waals surface area contributed by atoms with Crippen molar-refractivity contribution in [2.75, 3.05) is 0 Å². The Morgan fingerprint density at radius 2 is 2.12 bits per heavy atom. The lowest BCUT2D eigenvalue weighted by Gasteiger charge is -2.02. The SMILES string of the molecule is C=C[C@@H]1[C@H](CCc2ccccc2)N1C(=O)CC. The van der Waals surface area contributed by atoms with E-state index >= 15 is 0 Å². The van der Waals surface area contributed by atoms with Crippen molar-refractivity contribution in [3.63, 3.8) is 0 Å². The molecule has 0 unspecified atom stereocenters. The van der Waals surface area contributed by atoms with Gasteiger partial charge in [-0.3, -0.25) is 4.79 Å². The molecule has 1 heterocycles. The van der Waals surface area contributed by atoms with Crippen molar-refractivity contribution in [2.45, 2.75) is 38.3 Å². The minimum atomic E-state index is 0.243. The van der Waals surface area contributed by atoms with E-state index in [0.717, 1.165) is 12.8 Å². The Kier molecular flexibility index (Phi) is 3.62. The maximum atomic E-state index is 11.6. The van der Waals surface area contributed by atoms with E-state index in [2.05, 4.69) is 30.8 Å². The molecule has 2 heteroatoms. The van der Waals surface area contributed by atoms with Crippen LogP contribution in [0, 0.1) is 0 Å². The predicted molar refractivity (Wildman–Crippen MR) is 69.7 cm³/mol. The van der Waals surface area contributed by atoms with E-state index in [-0.39, 0.29) is 11.9 Å². The second-order valence-corrected chi connectivity index (χ2v) is 4.47. The molecule has 90 valence electrons. The van der Waals surface area contributed by atoms with Gasteiger partial charge >= 0.3 is 0 Å². The molecule has 2 nitrogen and oxygen atoms in total. The molecule has 17 heavy (non-hydrogen) atoms.